The first-order valence-corrected chi connectivity index (χ1v) is 7.57. The van der Waals surface area contributed by atoms with Crippen LogP contribution in [0.4, 0.5) is 17.5 Å². The van der Waals surface area contributed by atoms with E-state index >= 15 is 0 Å². The number of benzene rings is 1. The van der Waals surface area contributed by atoms with Gasteiger partial charge in [0, 0.05) is 17.6 Å². The quantitative estimate of drug-likeness (QED) is 0.918. The van der Waals surface area contributed by atoms with Crippen molar-refractivity contribution >= 4 is 33.4 Å². The fourth-order valence-corrected chi connectivity index (χ4v) is 2.73. The molecule has 0 atom stereocenters. The van der Waals surface area contributed by atoms with Crippen LogP contribution in [-0.4, -0.2) is 41.5 Å². The van der Waals surface area contributed by atoms with E-state index in [9.17, 15) is 0 Å². The lowest BCUT2D eigenvalue weighted by Gasteiger charge is -2.27. The largest absolute Gasteiger partial charge is 0.378 e. The summed E-state index contributed by atoms with van der Waals surface area (Å²) in [6.07, 6.45) is 1.68. The number of hydrogen-bond donors (Lipinski definition) is 1. The molecule has 0 bridgehead atoms. The second-order valence-corrected chi connectivity index (χ2v) is 5.70. The summed E-state index contributed by atoms with van der Waals surface area (Å²) in [6, 6.07) is 6.07. The molecule has 6 nitrogen and oxygen atoms in total. The molecule has 0 spiro atoms. The molecule has 110 valence electrons. The van der Waals surface area contributed by atoms with Crippen LogP contribution < -0.4 is 10.2 Å². The molecule has 1 saturated heterocycles. The molecule has 21 heavy (non-hydrogen) atoms. The van der Waals surface area contributed by atoms with Gasteiger partial charge in [0.05, 0.1) is 25.1 Å². The van der Waals surface area contributed by atoms with E-state index in [4.69, 9.17) is 4.74 Å². The molecule has 0 saturated carbocycles. The predicted octanol–water partition coefficient (Wildman–Crippen LogP) is 2.52. The lowest BCUT2D eigenvalue weighted by molar-refractivity contribution is 0.122. The van der Waals surface area contributed by atoms with E-state index < -0.39 is 0 Å². The van der Waals surface area contributed by atoms with Crippen molar-refractivity contribution in [3.05, 3.63) is 34.4 Å². The Hall–Kier alpha value is -1.73. The highest BCUT2D eigenvalue weighted by Crippen LogP contribution is 2.25. The standard InChI is InChI=1S/C14H16BrN5O/c1-10-2-3-12(11(15)8-10)17-14-18-13(9-16-19-14)20-4-6-21-7-5-20/h2-3,8-9H,4-7H2,1H3,(H,17,18,19). The summed E-state index contributed by atoms with van der Waals surface area (Å²) in [5, 5.41) is 11.3. The monoisotopic (exact) mass is 349 g/mol. The molecule has 1 aromatic carbocycles. The van der Waals surface area contributed by atoms with Crippen molar-refractivity contribution < 1.29 is 4.74 Å². The molecule has 1 fully saturated rings. The minimum atomic E-state index is 0.489. The summed E-state index contributed by atoms with van der Waals surface area (Å²) in [5.41, 5.74) is 2.11. The fraction of sp³-hybridized carbons (Fsp3) is 0.357. The third-order valence-corrected chi connectivity index (χ3v) is 3.91. The molecule has 1 N–H and O–H groups in total. The van der Waals surface area contributed by atoms with Crippen molar-refractivity contribution in [3.8, 4) is 0 Å². The Balaban J connectivity index is 1.79. The molecule has 0 aliphatic carbocycles. The van der Waals surface area contributed by atoms with E-state index in [1.165, 1.54) is 5.56 Å². The topological polar surface area (TPSA) is 63.2 Å². The minimum Gasteiger partial charge on any atom is -0.378 e. The van der Waals surface area contributed by atoms with Crippen molar-refractivity contribution in [3.63, 3.8) is 0 Å². The van der Waals surface area contributed by atoms with Gasteiger partial charge >= 0.3 is 0 Å². The van der Waals surface area contributed by atoms with Crippen LogP contribution in [0.25, 0.3) is 0 Å². The van der Waals surface area contributed by atoms with Crippen molar-refractivity contribution in [1.29, 1.82) is 0 Å². The minimum absolute atomic E-state index is 0.489. The van der Waals surface area contributed by atoms with Crippen LogP contribution in [0.2, 0.25) is 0 Å². The second-order valence-electron chi connectivity index (χ2n) is 4.85. The molecular weight excluding hydrogens is 334 g/mol. The molecule has 7 heteroatoms. The summed E-state index contributed by atoms with van der Waals surface area (Å²) < 4.78 is 6.32. The first-order valence-electron chi connectivity index (χ1n) is 6.78. The van der Waals surface area contributed by atoms with Crippen LogP contribution in [0.1, 0.15) is 5.56 Å². The molecular formula is C14H16BrN5O. The number of rotatable bonds is 3. The summed E-state index contributed by atoms with van der Waals surface area (Å²) in [7, 11) is 0. The average molecular weight is 350 g/mol. The SMILES string of the molecule is Cc1ccc(Nc2nncc(N3CCOCC3)n2)c(Br)c1. The number of halogens is 1. The third kappa shape index (κ3) is 3.48. The average Bonchev–Trinajstić information content (AvgIpc) is 2.51. The van der Waals surface area contributed by atoms with Crippen LogP contribution in [0, 0.1) is 6.92 Å². The van der Waals surface area contributed by atoms with Gasteiger partial charge < -0.3 is 15.0 Å². The van der Waals surface area contributed by atoms with Crippen LogP contribution in [0.15, 0.2) is 28.9 Å². The van der Waals surface area contributed by atoms with Crippen molar-refractivity contribution in [2.75, 3.05) is 36.5 Å². The maximum absolute atomic E-state index is 5.35. The highest BCUT2D eigenvalue weighted by molar-refractivity contribution is 9.10. The number of nitrogens with one attached hydrogen (secondary N) is 1. The van der Waals surface area contributed by atoms with Gasteiger partial charge in [-0.15, -0.1) is 5.10 Å². The summed E-state index contributed by atoms with van der Waals surface area (Å²) in [5.74, 6) is 1.31. The number of ether oxygens (including phenoxy) is 1. The Morgan fingerprint density at radius 1 is 1.29 bits per heavy atom. The molecule has 1 aliphatic heterocycles. The lowest BCUT2D eigenvalue weighted by atomic mass is 10.2. The van der Waals surface area contributed by atoms with E-state index in [2.05, 4.69) is 41.3 Å². The van der Waals surface area contributed by atoms with Gasteiger partial charge in [-0.05, 0) is 40.5 Å². The van der Waals surface area contributed by atoms with Gasteiger partial charge in [-0.3, -0.25) is 0 Å². The number of aryl methyl sites for hydroxylation is 1. The molecule has 2 heterocycles. The summed E-state index contributed by atoms with van der Waals surface area (Å²) in [4.78, 5) is 6.67. The molecule has 0 radical (unpaired) electrons. The highest BCUT2D eigenvalue weighted by Gasteiger charge is 2.14. The number of hydrogen-bond acceptors (Lipinski definition) is 6. The van der Waals surface area contributed by atoms with E-state index in [1.54, 1.807) is 6.20 Å². The van der Waals surface area contributed by atoms with Crippen LogP contribution in [0.5, 0.6) is 0 Å². The molecule has 2 aromatic rings. The van der Waals surface area contributed by atoms with E-state index in [1.807, 2.05) is 25.1 Å². The van der Waals surface area contributed by atoms with Crippen molar-refractivity contribution in [2.24, 2.45) is 0 Å². The summed E-state index contributed by atoms with van der Waals surface area (Å²) >= 11 is 3.53. The second kappa shape index (κ2) is 6.36. The lowest BCUT2D eigenvalue weighted by Crippen LogP contribution is -2.37. The molecule has 1 aromatic heterocycles. The Morgan fingerprint density at radius 2 is 2.10 bits per heavy atom. The zero-order valence-electron chi connectivity index (χ0n) is 11.7. The Kier molecular flexibility index (Phi) is 4.31. The predicted molar refractivity (Wildman–Crippen MR) is 85.0 cm³/mol. The molecule has 0 amide bonds. The molecule has 1 aliphatic rings. The number of morpholine rings is 1. The zero-order chi connectivity index (χ0) is 14.7. The third-order valence-electron chi connectivity index (χ3n) is 3.25. The van der Waals surface area contributed by atoms with Gasteiger partial charge in [-0.2, -0.15) is 10.1 Å². The van der Waals surface area contributed by atoms with Gasteiger partial charge in [0.15, 0.2) is 5.82 Å². The maximum atomic E-state index is 5.35. The van der Waals surface area contributed by atoms with Gasteiger partial charge in [-0.1, -0.05) is 6.07 Å². The first kappa shape index (κ1) is 14.2. The summed E-state index contributed by atoms with van der Waals surface area (Å²) in [6.45, 7) is 5.14. The van der Waals surface area contributed by atoms with Crippen LogP contribution >= 0.6 is 15.9 Å². The Morgan fingerprint density at radius 3 is 2.86 bits per heavy atom. The van der Waals surface area contributed by atoms with Crippen molar-refractivity contribution in [2.45, 2.75) is 6.92 Å². The van der Waals surface area contributed by atoms with E-state index in [-0.39, 0.29) is 0 Å². The number of aromatic nitrogens is 3. The van der Waals surface area contributed by atoms with E-state index in [0.717, 1.165) is 42.3 Å². The van der Waals surface area contributed by atoms with Gasteiger partial charge in [0.2, 0.25) is 5.95 Å². The van der Waals surface area contributed by atoms with Gasteiger partial charge in [0.1, 0.15) is 0 Å². The smallest absolute Gasteiger partial charge is 0.249 e. The fourth-order valence-electron chi connectivity index (χ4n) is 2.13. The molecule has 3 rings (SSSR count). The molecule has 0 unspecified atom stereocenters. The Bertz CT molecular complexity index is 631. The zero-order valence-corrected chi connectivity index (χ0v) is 13.3. The van der Waals surface area contributed by atoms with Gasteiger partial charge in [0.25, 0.3) is 0 Å². The number of anilines is 3. The Labute approximate surface area is 131 Å². The van der Waals surface area contributed by atoms with Crippen LogP contribution in [-0.2, 0) is 4.74 Å². The van der Waals surface area contributed by atoms with Crippen LogP contribution in [0.3, 0.4) is 0 Å². The first-order chi connectivity index (χ1) is 10.2. The number of nitrogens with zero attached hydrogens (tertiary/aromatic N) is 4. The van der Waals surface area contributed by atoms with Crippen molar-refractivity contribution in [1.82, 2.24) is 15.2 Å². The maximum Gasteiger partial charge on any atom is 0.249 e. The normalized spacial score (nSPS) is 15.0. The van der Waals surface area contributed by atoms with E-state index in [0.29, 0.717) is 5.95 Å². The van der Waals surface area contributed by atoms with Gasteiger partial charge in [-0.25, -0.2) is 0 Å². The highest BCUT2D eigenvalue weighted by atomic mass is 79.9.